The summed E-state index contributed by atoms with van der Waals surface area (Å²) in [7, 11) is -3.06. The molecule has 0 aromatic rings. The van der Waals surface area contributed by atoms with Crippen LogP contribution in [0.15, 0.2) is 0 Å². The smallest absolute Gasteiger partial charge is 0.326 e. The lowest BCUT2D eigenvalue weighted by molar-refractivity contribution is -0.139. The number of rotatable bonds is 6. The summed E-state index contributed by atoms with van der Waals surface area (Å²) in [5.74, 6) is -1.09. The first kappa shape index (κ1) is 15.7. The lowest BCUT2D eigenvalue weighted by atomic mass is 10.1. The van der Waals surface area contributed by atoms with Crippen molar-refractivity contribution in [3.63, 3.8) is 0 Å². The summed E-state index contributed by atoms with van der Waals surface area (Å²) in [6.45, 7) is 1.93. The standard InChI is InChI=1S/C11H20N2O5S/c1-2-3-4-9(10(14)15)13-11(16)12-8-5-6-19(17,18)7-8/h8-9H,2-7H2,1H3,(H,14,15)(H2,12,13,16)/t8?,9-/m0/s1. The number of carbonyl (C=O) groups excluding carboxylic acids is 1. The van der Waals surface area contributed by atoms with Crippen molar-refractivity contribution in [3.05, 3.63) is 0 Å². The molecule has 0 aromatic carbocycles. The summed E-state index contributed by atoms with van der Waals surface area (Å²) in [4.78, 5) is 22.6. The highest BCUT2D eigenvalue weighted by Gasteiger charge is 2.29. The third-order valence-corrected chi connectivity index (χ3v) is 4.79. The molecule has 3 N–H and O–H groups in total. The molecular formula is C11H20N2O5S. The monoisotopic (exact) mass is 292 g/mol. The van der Waals surface area contributed by atoms with Crippen LogP contribution in [0.25, 0.3) is 0 Å². The topological polar surface area (TPSA) is 113 Å². The molecule has 1 saturated heterocycles. The van der Waals surface area contributed by atoms with Crippen LogP contribution in [0.4, 0.5) is 4.79 Å². The number of hydrogen-bond donors (Lipinski definition) is 3. The fraction of sp³-hybridized carbons (Fsp3) is 0.818. The van der Waals surface area contributed by atoms with E-state index < -0.39 is 33.9 Å². The van der Waals surface area contributed by atoms with Gasteiger partial charge in [0.05, 0.1) is 11.5 Å². The maximum absolute atomic E-state index is 11.6. The second-order valence-corrected chi connectivity index (χ2v) is 6.98. The number of aliphatic carboxylic acids is 1. The Morgan fingerprint density at radius 1 is 1.42 bits per heavy atom. The number of carbonyl (C=O) groups is 2. The predicted octanol–water partition coefficient (Wildman–Crippen LogP) is 0.116. The van der Waals surface area contributed by atoms with Crippen molar-refractivity contribution >= 4 is 21.8 Å². The molecule has 1 fully saturated rings. The van der Waals surface area contributed by atoms with Gasteiger partial charge in [0.2, 0.25) is 0 Å². The van der Waals surface area contributed by atoms with Crippen molar-refractivity contribution in [2.24, 2.45) is 0 Å². The largest absolute Gasteiger partial charge is 0.480 e. The number of sulfone groups is 1. The zero-order valence-corrected chi connectivity index (χ0v) is 11.7. The summed E-state index contributed by atoms with van der Waals surface area (Å²) >= 11 is 0. The van der Waals surface area contributed by atoms with E-state index in [4.69, 9.17) is 5.11 Å². The number of carboxylic acids is 1. The third-order valence-electron chi connectivity index (χ3n) is 3.02. The van der Waals surface area contributed by atoms with Crippen molar-refractivity contribution in [2.75, 3.05) is 11.5 Å². The Kier molecular flexibility index (Phi) is 5.59. The highest BCUT2D eigenvalue weighted by atomic mass is 32.2. The number of urea groups is 1. The van der Waals surface area contributed by atoms with Crippen LogP contribution in [-0.4, -0.2) is 49.1 Å². The summed E-state index contributed by atoms with van der Waals surface area (Å²) in [5.41, 5.74) is 0. The summed E-state index contributed by atoms with van der Waals surface area (Å²) in [5, 5.41) is 13.8. The van der Waals surface area contributed by atoms with Crippen molar-refractivity contribution < 1.29 is 23.1 Å². The van der Waals surface area contributed by atoms with E-state index in [2.05, 4.69) is 10.6 Å². The molecule has 2 amide bonds. The SMILES string of the molecule is CCCC[C@H](NC(=O)NC1CCS(=O)(=O)C1)C(=O)O. The Morgan fingerprint density at radius 3 is 2.58 bits per heavy atom. The van der Waals surface area contributed by atoms with Gasteiger partial charge >= 0.3 is 12.0 Å². The Hall–Kier alpha value is -1.31. The van der Waals surface area contributed by atoms with Crippen LogP contribution in [-0.2, 0) is 14.6 Å². The summed E-state index contributed by atoms with van der Waals surface area (Å²) < 4.78 is 22.5. The van der Waals surface area contributed by atoms with Gasteiger partial charge in [-0.2, -0.15) is 0 Å². The average molecular weight is 292 g/mol. The van der Waals surface area contributed by atoms with Gasteiger partial charge in [0.1, 0.15) is 6.04 Å². The van der Waals surface area contributed by atoms with E-state index in [-0.39, 0.29) is 11.5 Å². The first-order valence-corrected chi connectivity index (χ1v) is 8.16. The second kappa shape index (κ2) is 6.74. The number of hydrogen-bond acceptors (Lipinski definition) is 4. The van der Waals surface area contributed by atoms with Gasteiger partial charge in [-0.05, 0) is 12.8 Å². The Balaban J connectivity index is 2.42. The van der Waals surface area contributed by atoms with Crippen LogP contribution < -0.4 is 10.6 Å². The Morgan fingerprint density at radius 2 is 2.11 bits per heavy atom. The zero-order chi connectivity index (χ0) is 14.5. The average Bonchev–Trinajstić information content (AvgIpc) is 2.63. The predicted molar refractivity (Wildman–Crippen MR) is 69.7 cm³/mol. The minimum atomic E-state index is -3.06. The van der Waals surface area contributed by atoms with E-state index in [0.29, 0.717) is 19.3 Å². The van der Waals surface area contributed by atoms with Gasteiger partial charge in [-0.1, -0.05) is 19.8 Å². The molecule has 1 aliphatic heterocycles. The van der Waals surface area contributed by atoms with Crippen LogP contribution in [0, 0.1) is 0 Å². The van der Waals surface area contributed by atoms with Gasteiger partial charge in [0, 0.05) is 6.04 Å². The molecule has 0 radical (unpaired) electrons. The molecule has 7 nitrogen and oxygen atoms in total. The molecule has 0 aliphatic carbocycles. The van der Waals surface area contributed by atoms with Gasteiger partial charge in [0.25, 0.3) is 0 Å². The molecule has 0 aromatic heterocycles. The van der Waals surface area contributed by atoms with Crippen LogP contribution in [0.2, 0.25) is 0 Å². The Bertz CT molecular complexity index is 434. The highest BCUT2D eigenvalue weighted by Crippen LogP contribution is 2.11. The van der Waals surface area contributed by atoms with Gasteiger partial charge in [-0.15, -0.1) is 0 Å². The molecule has 1 rings (SSSR count). The maximum atomic E-state index is 11.6. The van der Waals surface area contributed by atoms with Crippen LogP contribution in [0.3, 0.4) is 0 Å². The van der Waals surface area contributed by atoms with E-state index in [1.165, 1.54) is 0 Å². The first-order valence-electron chi connectivity index (χ1n) is 6.34. The van der Waals surface area contributed by atoms with Crippen molar-refractivity contribution in [3.8, 4) is 0 Å². The van der Waals surface area contributed by atoms with E-state index in [1.807, 2.05) is 6.92 Å². The summed E-state index contributed by atoms with van der Waals surface area (Å²) in [6, 6.07) is -1.98. The molecule has 19 heavy (non-hydrogen) atoms. The molecule has 1 aliphatic rings. The minimum Gasteiger partial charge on any atom is -0.480 e. The molecule has 0 saturated carbocycles. The van der Waals surface area contributed by atoms with Crippen LogP contribution >= 0.6 is 0 Å². The normalized spacial score (nSPS) is 22.7. The number of carboxylic acid groups (broad SMARTS) is 1. The van der Waals surface area contributed by atoms with E-state index in [0.717, 1.165) is 6.42 Å². The van der Waals surface area contributed by atoms with Crippen molar-refractivity contribution in [1.29, 1.82) is 0 Å². The van der Waals surface area contributed by atoms with Crippen molar-refractivity contribution in [2.45, 2.75) is 44.7 Å². The maximum Gasteiger partial charge on any atom is 0.326 e. The number of amides is 2. The lowest BCUT2D eigenvalue weighted by Gasteiger charge is -2.17. The summed E-state index contributed by atoms with van der Waals surface area (Å²) in [6.07, 6.45) is 2.29. The van der Waals surface area contributed by atoms with Gasteiger partial charge < -0.3 is 15.7 Å². The van der Waals surface area contributed by atoms with E-state index >= 15 is 0 Å². The lowest BCUT2D eigenvalue weighted by Crippen LogP contribution is -2.49. The fourth-order valence-electron chi connectivity index (χ4n) is 1.96. The fourth-order valence-corrected chi connectivity index (χ4v) is 3.63. The van der Waals surface area contributed by atoms with Gasteiger partial charge in [-0.25, -0.2) is 18.0 Å². The highest BCUT2D eigenvalue weighted by molar-refractivity contribution is 7.91. The first-order chi connectivity index (χ1) is 8.84. The molecule has 8 heteroatoms. The second-order valence-electron chi connectivity index (χ2n) is 4.75. The molecule has 0 bridgehead atoms. The molecule has 1 unspecified atom stereocenters. The third kappa shape index (κ3) is 5.46. The van der Waals surface area contributed by atoms with Crippen molar-refractivity contribution in [1.82, 2.24) is 10.6 Å². The molecule has 0 spiro atoms. The van der Waals surface area contributed by atoms with Crippen LogP contribution in [0.1, 0.15) is 32.6 Å². The van der Waals surface area contributed by atoms with Crippen LogP contribution in [0.5, 0.6) is 0 Å². The van der Waals surface area contributed by atoms with E-state index in [1.54, 1.807) is 0 Å². The van der Waals surface area contributed by atoms with Gasteiger partial charge in [0.15, 0.2) is 9.84 Å². The Labute approximate surface area is 112 Å². The molecule has 2 atom stereocenters. The van der Waals surface area contributed by atoms with Gasteiger partial charge in [-0.3, -0.25) is 0 Å². The number of unbranched alkanes of at least 4 members (excludes halogenated alkanes) is 1. The molecule has 1 heterocycles. The minimum absolute atomic E-state index is 0.0656. The van der Waals surface area contributed by atoms with E-state index in [9.17, 15) is 18.0 Å². The zero-order valence-electron chi connectivity index (χ0n) is 10.9. The molecular weight excluding hydrogens is 272 g/mol. The quantitative estimate of drug-likeness (QED) is 0.643. The number of nitrogens with one attached hydrogen (secondary N) is 2. The molecule has 110 valence electrons.